The highest BCUT2D eigenvalue weighted by molar-refractivity contribution is 5.76. The molecular weight excluding hydrogens is 247 g/mol. The predicted molar refractivity (Wildman–Crippen MR) is 72.1 cm³/mol. The van der Waals surface area contributed by atoms with Crippen molar-refractivity contribution in [2.24, 2.45) is 5.92 Å². The standard InChI is InChI=1S/C12H15FN2O2.C2H6/c1-7-5-11(16)14-15-12(7)8-3-4-10(17-2)9(13)6-8;1-2/h3-4,6-7,12,15H,5H2,1-2H3,(H,14,16);1-2H3. The summed E-state index contributed by atoms with van der Waals surface area (Å²) >= 11 is 0. The van der Waals surface area contributed by atoms with Crippen LogP contribution >= 0.6 is 0 Å². The van der Waals surface area contributed by atoms with E-state index >= 15 is 0 Å². The molecule has 4 nitrogen and oxygen atoms in total. The number of hydrazine groups is 1. The van der Waals surface area contributed by atoms with Crippen molar-refractivity contribution < 1.29 is 13.9 Å². The van der Waals surface area contributed by atoms with Gasteiger partial charge in [0.2, 0.25) is 5.91 Å². The maximum absolute atomic E-state index is 13.6. The quantitative estimate of drug-likeness (QED) is 0.866. The van der Waals surface area contributed by atoms with E-state index in [9.17, 15) is 9.18 Å². The fraction of sp³-hybridized carbons (Fsp3) is 0.500. The van der Waals surface area contributed by atoms with Crippen LogP contribution in [0.3, 0.4) is 0 Å². The molecule has 1 heterocycles. The van der Waals surface area contributed by atoms with Crippen molar-refractivity contribution in [2.45, 2.75) is 33.2 Å². The number of nitrogens with one attached hydrogen (secondary N) is 2. The van der Waals surface area contributed by atoms with Crippen LogP contribution in [0.1, 0.15) is 38.8 Å². The molecule has 0 spiro atoms. The Bertz CT molecular complexity index is 437. The zero-order chi connectivity index (χ0) is 14.4. The van der Waals surface area contributed by atoms with E-state index in [1.807, 2.05) is 20.8 Å². The monoisotopic (exact) mass is 268 g/mol. The van der Waals surface area contributed by atoms with Gasteiger partial charge in [-0.25, -0.2) is 9.82 Å². The molecule has 1 aromatic carbocycles. The van der Waals surface area contributed by atoms with E-state index < -0.39 is 5.82 Å². The number of rotatable bonds is 2. The van der Waals surface area contributed by atoms with Gasteiger partial charge in [-0.15, -0.1) is 0 Å². The Hall–Kier alpha value is -1.62. The number of benzene rings is 1. The predicted octanol–water partition coefficient (Wildman–Crippen LogP) is 2.56. The van der Waals surface area contributed by atoms with Crippen LogP contribution in [0.5, 0.6) is 5.75 Å². The smallest absolute Gasteiger partial charge is 0.234 e. The fourth-order valence-corrected chi connectivity index (χ4v) is 2.05. The van der Waals surface area contributed by atoms with Gasteiger partial charge >= 0.3 is 0 Å². The van der Waals surface area contributed by atoms with Gasteiger partial charge in [-0.3, -0.25) is 10.2 Å². The lowest BCUT2D eigenvalue weighted by Gasteiger charge is -2.30. The Morgan fingerprint density at radius 3 is 2.58 bits per heavy atom. The van der Waals surface area contributed by atoms with Gasteiger partial charge in [0.15, 0.2) is 11.6 Å². The molecule has 1 saturated heterocycles. The molecule has 5 heteroatoms. The number of ether oxygens (including phenoxy) is 1. The van der Waals surface area contributed by atoms with Crippen molar-refractivity contribution >= 4 is 5.91 Å². The summed E-state index contributed by atoms with van der Waals surface area (Å²) in [6, 6.07) is 4.75. The van der Waals surface area contributed by atoms with Crippen molar-refractivity contribution in [3.63, 3.8) is 0 Å². The van der Waals surface area contributed by atoms with Crippen molar-refractivity contribution in [2.75, 3.05) is 7.11 Å². The summed E-state index contributed by atoms with van der Waals surface area (Å²) in [4.78, 5) is 11.2. The van der Waals surface area contributed by atoms with Crippen LogP contribution in [0, 0.1) is 11.7 Å². The highest BCUT2D eigenvalue weighted by Crippen LogP contribution is 2.29. The molecule has 2 rings (SSSR count). The highest BCUT2D eigenvalue weighted by atomic mass is 19.1. The summed E-state index contributed by atoms with van der Waals surface area (Å²) in [5.41, 5.74) is 6.26. The van der Waals surface area contributed by atoms with Gasteiger partial charge < -0.3 is 4.74 Å². The number of methoxy groups -OCH3 is 1. The average Bonchev–Trinajstić information content (AvgIpc) is 2.41. The van der Waals surface area contributed by atoms with Crippen LogP contribution in [0.4, 0.5) is 4.39 Å². The van der Waals surface area contributed by atoms with E-state index in [4.69, 9.17) is 4.74 Å². The largest absolute Gasteiger partial charge is 0.494 e. The summed E-state index contributed by atoms with van der Waals surface area (Å²) < 4.78 is 18.4. The van der Waals surface area contributed by atoms with Crippen LogP contribution in [0.25, 0.3) is 0 Å². The lowest BCUT2D eigenvalue weighted by Crippen LogP contribution is -2.48. The van der Waals surface area contributed by atoms with E-state index in [-0.39, 0.29) is 23.6 Å². The Morgan fingerprint density at radius 2 is 2.05 bits per heavy atom. The Kier molecular flexibility index (Phi) is 5.76. The van der Waals surface area contributed by atoms with Gasteiger partial charge in [-0.1, -0.05) is 26.8 Å². The summed E-state index contributed by atoms with van der Waals surface area (Å²) in [6.45, 7) is 5.96. The number of halogens is 1. The van der Waals surface area contributed by atoms with E-state index in [0.717, 1.165) is 5.56 Å². The van der Waals surface area contributed by atoms with E-state index in [1.165, 1.54) is 13.2 Å². The number of carbonyl (C=O) groups excluding carboxylic acids is 1. The molecule has 0 bridgehead atoms. The first-order chi connectivity index (χ1) is 9.11. The summed E-state index contributed by atoms with van der Waals surface area (Å²) in [6.07, 6.45) is 0.436. The van der Waals surface area contributed by atoms with Gasteiger partial charge in [0.1, 0.15) is 0 Å². The van der Waals surface area contributed by atoms with Crippen LogP contribution in [0.2, 0.25) is 0 Å². The SMILES string of the molecule is CC.COc1ccc(C2NNC(=O)CC2C)cc1F. The maximum Gasteiger partial charge on any atom is 0.234 e. The number of hydrogen-bond donors (Lipinski definition) is 2. The van der Waals surface area contributed by atoms with Crippen LogP contribution in [-0.4, -0.2) is 13.0 Å². The molecular formula is C14H21FN2O2. The summed E-state index contributed by atoms with van der Waals surface area (Å²) in [7, 11) is 1.43. The van der Waals surface area contributed by atoms with Crippen molar-refractivity contribution in [1.29, 1.82) is 0 Å². The number of hydrogen-bond acceptors (Lipinski definition) is 3. The first-order valence-electron chi connectivity index (χ1n) is 6.49. The summed E-state index contributed by atoms with van der Waals surface area (Å²) in [5.74, 6) is -0.0866. The lowest BCUT2D eigenvalue weighted by molar-refractivity contribution is -0.125. The van der Waals surface area contributed by atoms with E-state index in [1.54, 1.807) is 12.1 Å². The molecule has 1 aromatic rings. The topological polar surface area (TPSA) is 50.4 Å². The molecule has 1 aliphatic heterocycles. The maximum atomic E-state index is 13.6. The van der Waals surface area contributed by atoms with Crippen molar-refractivity contribution in [3.8, 4) is 5.75 Å². The number of amides is 1. The molecule has 0 saturated carbocycles. The van der Waals surface area contributed by atoms with E-state index in [0.29, 0.717) is 6.42 Å². The molecule has 0 radical (unpaired) electrons. The third kappa shape index (κ3) is 3.67. The minimum absolute atomic E-state index is 0.0391. The molecule has 106 valence electrons. The van der Waals surface area contributed by atoms with Crippen LogP contribution < -0.4 is 15.6 Å². The zero-order valence-electron chi connectivity index (χ0n) is 11.8. The van der Waals surface area contributed by atoms with Crippen molar-refractivity contribution in [3.05, 3.63) is 29.6 Å². The molecule has 2 N–H and O–H groups in total. The normalized spacial score (nSPS) is 22.1. The van der Waals surface area contributed by atoms with Gasteiger partial charge in [-0.05, 0) is 23.6 Å². The highest BCUT2D eigenvalue weighted by Gasteiger charge is 2.27. The Morgan fingerprint density at radius 1 is 1.37 bits per heavy atom. The molecule has 19 heavy (non-hydrogen) atoms. The third-order valence-corrected chi connectivity index (χ3v) is 2.98. The second-order valence-corrected chi connectivity index (χ2v) is 4.25. The molecule has 2 unspecified atom stereocenters. The number of carbonyl (C=O) groups is 1. The molecule has 0 aliphatic carbocycles. The van der Waals surface area contributed by atoms with Gasteiger partial charge in [0.05, 0.1) is 13.2 Å². The Labute approximate surface area is 113 Å². The fourth-order valence-electron chi connectivity index (χ4n) is 2.05. The molecule has 2 atom stereocenters. The molecule has 1 aliphatic rings. The first-order valence-corrected chi connectivity index (χ1v) is 6.49. The van der Waals surface area contributed by atoms with Crippen molar-refractivity contribution in [1.82, 2.24) is 10.9 Å². The Balaban J connectivity index is 0.000000861. The van der Waals surface area contributed by atoms with Gasteiger partial charge in [-0.2, -0.15) is 0 Å². The second-order valence-electron chi connectivity index (χ2n) is 4.25. The minimum atomic E-state index is -0.393. The molecule has 1 amide bonds. The van der Waals surface area contributed by atoms with E-state index in [2.05, 4.69) is 10.9 Å². The average molecular weight is 268 g/mol. The second kappa shape index (κ2) is 7.09. The van der Waals surface area contributed by atoms with Gasteiger partial charge in [0, 0.05) is 6.42 Å². The minimum Gasteiger partial charge on any atom is -0.494 e. The van der Waals surface area contributed by atoms with Crippen LogP contribution in [0.15, 0.2) is 18.2 Å². The zero-order valence-corrected chi connectivity index (χ0v) is 11.8. The third-order valence-electron chi connectivity index (χ3n) is 2.98. The first kappa shape index (κ1) is 15.4. The summed E-state index contributed by atoms with van der Waals surface area (Å²) in [5, 5.41) is 0. The molecule has 0 aromatic heterocycles. The lowest BCUT2D eigenvalue weighted by atomic mass is 9.91. The van der Waals surface area contributed by atoms with Gasteiger partial charge in [0.25, 0.3) is 0 Å². The molecule has 1 fully saturated rings. The van der Waals surface area contributed by atoms with Crippen LogP contribution in [-0.2, 0) is 4.79 Å².